The predicted octanol–water partition coefficient (Wildman–Crippen LogP) is 2.67. The van der Waals surface area contributed by atoms with Crippen molar-refractivity contribution >= 4 is 49.8 Å². The molecule has 8 nitrogen and oxygen atoms in total. The number of esters is 1. The average molecular weight is 430 g/mol. The molecular formula is C15H13F3N6O2S2. The SMILES string of the molecule is COC(=O)c1nc(N2CCN(c3nnc(C(F)(F)F)s3)CC2)c2sccc2n1. The van der Waals surface area contributed by atoms with Crippen LogP contribution in [0.3, 0.4) is 0 Å². The van der Waals surface area contributed by atoms with Crippen LogP contribution in [0.4, 0.5) is 24.1 Å². The van der Waals surface area contributed by atoms with Gasteiger partial charge in [0.15, 0.2) is 5.82 Å². The van der Waals surface area contributed by atoms with Crippen molar-refractivity contribution in [2.75, 3.05) is 43.1 Å². The lowest BCUT2D eigenvalue weighted by molar-refractivity contribution is -0.138. The zero-order chi connectivity index (χ0) is 19.9. The number of aromatic nitrogens is 4. The van der Waals surface area contributed by atoms with Crippen molar-refractivity contribution in [3.63, 3.8) is 0 Å². The standard InChI is InChI=1S/C15H13F3N6O2S2/c1-26-12(25)10-19-8-2-7-27-9(8)11(20-10)23-3-5-24(6-4-23)14-22-21-13(28-14)15(16,17)18/h2,7H,3-6H2,1H3. The number of halogens is 3. The van der Waals surface area contributed by atoms with Gasteiger partial charge in [-0.15, -0.1) is 21.5 Å². The molecule has 0 aliphatic carbocycles. The largest absolute Gasteiger partial charge is 0.463 e. The molecule has 148 valence electrons. The first-order valence-corrected chi connectivity index (χ1v) is 9.80. The second kappa shape index (κ2) is 7.13. The third-order valence-corrected chi connectivity index (χ3v) is 6.09. The van der Waals surface area contributed by atoms with Gasteiger partial charge in [0.2, 0.25) is 16.0 Å². The third-order valence-electron chi connectivity index (χ3n) is 4.16. The van der Waals surface area contributed by atoms with E-state index in [0.717, 1.165) is 4.70 Å². The van der Waals surface area contributed by atoms with E-state index in [1.54, 1.807) is 11.0 Å². The van der Waals surface area contributed by atoms with Crippen LogP contribution in [0.1, 0.15) is 15.6 Å². The van der Waals surface area contributed by atoms with Gasteiger partial charge in [0.05, 0.1) is 17.3 Å². The molecule has 13 heteroatoms. The Bertz CT molecular complexity index is 1010. The zero-order valence-corrected chi connectivity index (χ0v) is 16.1. The number of carbonyl (C=O) groups is 1. The number of anilines is 2. The van der Waals surface area contributed by atoms with Crippen LogP contribution < -0.4 is 9.80 Å². The topological polar surface area (TPSA) is 84.3 Å². The highest BCUT2D eigenvalue weighted by molar-refractivity contribution is 7.17. The Morgan fingerprint density at radius 3 is 2.50 bits per heavy atom. The van der Waals surface area contributed by atoms with Gasteiger partial charge in [-0.1, -0.05) is 11.3 Å². The Labute approximate surface area is 164 Å². The summed E-state index contributed by atoms with van der Waals surface area (Å²) in [5.41, 5.74) is 0.650. The molecule has 0 amide bonds. The Morgan fingerprint density at radius 2 is 1.86 bits per heavy atom. The summed E-state index contributed by atoms with van der Waals surface area (Å²) in [5.74, 6) is -0.0282. The molecule has 0 unspecified atom stereocenters. The number of nitrogens with zero attached hydrogens (tertiary/aromatic N) is 6. The minimum Gasteiger partial charge on any atom is -0.463 e. The van der Waals surface area contributed by atoms with Crippen molar-refractivity contribution in [1.82, 2.24) is 20.2 Å². The molecule has 1 aliphatic rings. The Morgan fingerprint density at radius 1 is 1.14 bits per heavy atom. The minimum atomic E-state index is -4.49. The lowest BCUT2D eigenvalue weighted by Gasteiger charge is -2.35. The lowest BCUT2D eigenvalue weighted by Crippen LogP contribution is -2.47. The number of piperazine rings is 1. The Balaban J connectivity index is 1.55. The lowest BCUT2D eigenvalue weighted by atomic mass is 10.3. The van der Waals surface area contributed by atoms with E-state index in [4.69, 9.17) is 4.74 Å². The highest BCUT2D eigenvalue weighted by Crippen LogP contribution is 2.35. The number of fused-ring (bicyclic) bond motifs is 1. The molecule has 0 radical (unpaired) electrons. The average Bonchev–Trinajstić information content (AvgIpc) is 3.36. The van der Waals surface area contributed by atoms with Crippen LogP contribution in [0.15, 0.2) is 11.4 Å². The first-order chi connectivity index (χ1) is 13.4. The van der Waals surface area contributed by atoms with Crippen LogP contribution in [0.25, 0.3) is 10.2 Å². The van der Waals surface area contributed by atoms with E-state index in [1.807, 2.05) is 10.3 Å². The monoisotopic (exact) mass is 430 g/mol. The molecule has 1 saturated heterocycles. The molecule has 28 heavy (non-hydrogen) atoms. The smallest absolute Gasteiger partial charge is 0.445 e. The maximum Gasteiger partial charge on any atom is 0.445 e. The molecule has 0 aromatic carbocycles. The fourth-order valence-corrected chi connectivity index (χ4v) is 4.42. The summed E-state index contributed by atoms with van der Waals surface area (Å²) in [5, 5.41) is 8.05. The van der Waals surface area contributed by atoms with Crippen LogP contribution in [-0.2, 0) is 10.9 Å². The fourth-order valence-electron chi connectivity index (χ4n) is 2.81. The predicted molar refractivity (Wildman–Crippen MR) is 98.1 cm³/mol. The van der Waals surface area contributed by atoms with Crippen molar-refractivity contribution in [2.45, 2.75) is 6.18 Å². The quantitative estimate of drug-likeness (QED) is 0.587. The molecule has 0 saturated carbocycles. The molecular weight excluding hydrogens is 417 g/mol. The highest BCUT2D eigenvalue weighted by Gasteiger charge is 2.36. The van der Waals surface area contributed by atoms with E-state index in [9.17, 15) is 18.0 Å². The second-order valence-corrected chi connectivity index (χ2v) is 7.73. The highest BCUT2D eigenvalue weighted by atomic mass is 32.1. The normalized spacial score (nSPS) is 15.3. The van der Waals surface area contributed by atoms with Crippen molar-refractivity contribution in [2.24, 2.45) is 0 Å². The number of carbonyl (C=O) groups excluding carboxylic acids is 1. The van der Waals surface area contributed by atoms with Crippen LogP contribution >= 0.6 is 22.7 Å². The summed E-state index contributed by atoms with van der Waals surface area (Å²) >= 11 is 1.99. The van der Waals surface area contributed by atoms with Gasteiger partial charge < -0.3 is 14.5 Å². The van der Waals surface area contributed by atoms with Gasteiger partial charge in [-0.25, -0.2) is 14.8 Å². The first kappa shape index (κ1) is 18.8. The zero-order valence-electron chi connectivity index (χ0n) is 14.4. The summed E-state index contributed by atoms with van der Waals surface area (Å²) in [6.45, 7) is 1.92. The summed E-state index contributed by atoms with van der Waals surface area (Å²) in [6.07, 6.45) is -4.49. The van der Waals surface area contributed by atoms with Crippen molar-refractivity contribution < 1.29 is 22.7 Å². The van der Waals surface area contributed by atoms with E-state index < -0.39 is 17.2 Å². The van der Waals surface area contributed by atoms with E-state index in [1.165, 1.54) is 18.4 Å². The molecule has 4 rings (SSSR count). The molecule has 0 bridgehead atoms. The van der Waals surface area contributed by atoms with E-state index in [2.05, 4.69) is 20.2 Å². The van der Waals surface area contributed by atoms with Crippen molar-refractivity contribution in [3.8, 4) is 0 Å². The molecule has 1 aliphatic heterocycles. The molecule has 1 fully saturated rings. The van der Waals surface area contributed by atoms with Crippen LogP contribution in [0.2, 0.25) is 0 Å². The van der Waals surface area contributed by atoms with Gasteiger partial charge in [-0.05, 0) is 11.4 Å². The van der Waals surface area contributed by atoms with Crippen molar-refractivity contribution in [1.29, 1.82) is 0 Å². The number of ether oxygens (including phenoxy) is 1. The number of thiophene rings is 1. The summed E-state index contributed by atoms with van der Waals surface area (Å²) in [6, 6.07) is 1.80. The van der Waals surface area contributed by atoms with Crippen LogP contribution in [0.5, 0.6) is 0 Å². The second-order valence-electron chi connectivity index (χ2n) is 5.86. The number of rotatable bonds is 3. The molecule has 0 atom stereocenters. The van der Waals surface area contributed by atoms with Gasteiger partial charge in [0, 0.05) is 26.2 Å². The van der Waals surface area contributed by atoms with Crippen LogP contribution in [0, 0.1) is 0 Å². The summed E-state index contributed by atoms with van der Waals surface area (Å²) in [4.78, 5) is 24.2. The van der Waals surface area contributed by atoms with Crippen molar-refractivity contribution in [3.05, 3.63) is 22.3 Å². The molecule has 0 spiro atoms. The fraction of sp³-hybridized carbons (Fsp3) is 0.400. The number of hydrogen-bond acceptors (Lipinski definition) is 10. The maximum atomic E-state index is 12.7. The van der Waals surface area contributed by atoms with Gasteiger partial charge in [0.25, 0.3) is 0 Å². The van der Waals surface area contributed by atoms with Crippen LogP contribution in [-0.4, -0.2) is 59.4 Å². The van der Waals surface area contributed by atoms with E-state index in [-0.39, 0.29) is 11.0 Å². The Kier molecular flexibility index (Phi) is 4.79. The van der Waals surface area contributed by atoms with Gasteiger partial charge in [-0.3, -0.25) is 0 Å². The molecule has 3 aromatic heterocycles. The summed E-state index contributed by atoms with van der Waals surface area (Å²) < 4.78 is 43.8. The van der Waals surface area contributed by atoms with Gasteiger partial charge in [-0.2, -0.15) is 13.2 Å². The van der Waals surface area contributed by atoms with E-state index >= 15 is 0 Å². The Hall–Kier alpha value is -2.54. The number of methoxy groups -OCH3 is 1. The first-order valence-electron chi connectivity index (χ1n) is 8.11. The minimum absolute atomic E-state index is 0.0234. The maximum absolute atomic E-state index is 12.7. The van der Waals surface area contributed by atoms with E-state index in [0.29, 0.717) is 48.9 Å². The molecule has 0 N–H and O–H groups in total. The number of hydrogen-bond donors (Lipinski definition) is 0. The van der Waals surface area contributed by atoms with Gasteiger partial charge in [0.1, 0.15) is 0 Å². The van der Waals surface area contributed by atoms with Gasteiger partial charge >= 0.3 is 12.1 Å². The summed E-state index contributed by atoms with van der Waals surface area (Å²) in [7, 11) is 1.26. The number of alkyl halides is 3. The molecule has 4 heterocycles. The molecule has 3 aromatic rings. The third kappa shape index (κ3) is 3.46.